The van der Waals surface area contributed by atoms with Crippen molar-refractivity contribution in [1.29, 1.82) is 0 Å². The van der Waals surface area contributed by atoms with Gasteiger partial charge in [-0.15, -0.1) is 16.4 Å². The highest BCUT2D eigenvalue weighted by molar-refractivity contribution is 7.89. The molecular formula is C25H24FN7O3S2. The highest BCUT2D eigenvalue weighted by atomic mass is 32.2. The maximum absolute atomic E-state index is 14.1. The molecule has 6 rings (SSSR count). The number of thiazole rings is 1. The van der Waals surface area contributed by atoms with E-state index in [1.54, 1.807) is 34.6 Å². The van der Waals surface area contributed by atoms with Gasteiger partial charge in [-0.3, -0.25) is 4.79 Å². The van der Waals surface area contributed by atoms with Crippen molar-refractivity contribution in [3.05, 3.63) is 75.9 Å². The van der Waals surface area contributed by atoms with Gasteiger partial charge in [-0.1, -0.05) is 17.7 Å². The van der Waals surface area contributed by atoms with Crippen LogP contribution in [0.2, 0.25) is 0 Å². The quantitative estimate of drug-likeness (QED) is 0.322. The first-order chi connectivity index (χ1) is 18.3. The first-order valence-corrected chi connectivity index (χ1v) is 14.5. The number of ketones is 1. The summed E-state index contributed by atoms with van der Waals surface area (Å²) >= 11 is 1.24. The number of sulfonamides is 1. The first kappa shape index (κ1) is 24.8. The zero-order chi connectivity index (χ0) is 26.5. The molecule has 0 saturated carbocycles. The summed E-state index contributed by atoms with van der Waals surface area (Å²) in [6.45, 7) is 2.53. The van der Waals surface area contributed by atoms with Gasteiger partial charge >= 0.3 is 0 Å². The Morgan fingerprint density at radius 1 is 1.21 bits per heavy atom. The van der Waals surface area contributed by atoms with E-state index in [4.69, 9.17) is 0 Å². The van der Waals surface area contributed by atoms with Crippen molar-refractivity contribution < 1.29 is 17.6 Å². The molecule has 2 aliphatic rings. The van der Waals surface area contributed by atoms with Crippen molar-refractivity contribution in [2.45, 2.75) is 37.8 Å². The number of hydrogen-bond acceptors (Lipinski definition) is 8. The molecule has 0 N–H and O–H groups in total. The number of halogens is 1. The predicted octanol–water partition coefficient (Wildman–Crippen LogP) is 3.37. The fraction of sp³-hybridized carbons (Fsp3) is 0.320. The van der Waals surface area contributed by atoms with E-state index in [2.05, 4.69) is 20.4 Å². The number of benzene rings is 1. The second-order valence-corrected chi connectivity index (χ2v) is 12.2. The summed E-state index contributed by atoms with van der Waals surface area (Å²) in [5.74, 6) is -0.552. The molecular weight excluding hydrogens is 529 g/mol. The van der Waals surface area contributed by atoms with E-state index in [9.17, 15) is 17.6 Å². The van der Waals surface area contributed by atoms with Crippen molar-refractivity contribution in [2.24, 2.45) is 5.41 Å². The number of nitrogens with zero attached hydrogens (tertiary/aromatic N) is 7. The molecule has 1 unspecified atom stereocenters. The van der Waals surface area contributed by atoms with E-state index in [0.717, 1.165) is 16.8 Å². The molecule has 1 aliphatic heterocycles. The molecule has 0 spiro atoms. The molecule has 13 heteroatoms. The van der Waals surface area contributed by atoms with Crippen molar-refractivity contribution in [2.75, 3.05) is 13.1 Å². The van der Waals surface area contributed by atoms with Gasteiger partial charge in [-0.2, -0.15) is 9.40 Å². The summed E-state index contributed by atoms with van der Waals surface area (Å²) in [6.07, 6.45) is 7.80. The van der Waals surface area contributed by atoms with Crippen molar-refractivity contribution >= 4 is 33.2 Å². The molecule has 196 valence electrons. The van der Waals surface area contributed by atoms with Crippen molar-refractivity contribution in [1.82, 2.24) is 34.1 Å². The van der Waals surface area contributed by atoms with Crippen LogP contribution in [-0.4, -0.2) is 61.4 Å². The van der Waals surface area contributed by atoms with Gasteiger partial charge in [-0.05, 0) is 55.2 Å². The zero-order valence-electron chi connectivity index (χ0n) is 20.5. The van der Waals surface area contributed by atoms with Gasteiger partial charge in [0, 0.05) is 31.2 Å². The predicted molar refractivity (Wildman–Crippen MR) is 138 cm³/mol. The lowest BCUT2D eigenvalue weighted by Gasteiger charge is -2.44. The number of carbonyl (C=O) groups is 1. The summed E-state index contributed by atoms with van der Waals surface area (Å²) in [5, 5.41) is 14.4. The van der Waals surface area contributed by atoms with E-state index in [1.807, 2.05) is 13.0 Å². The fourth-order valence-corrected chi connectivity index (χ4v) is 7.53. The Hall–Kier alpha value is -3.55. The highest BCUT2D eigenvalue weighted by Crippen LogP contribution is 2.47. The van der Waals surface area contributed by atoms with E-state index in [-0.39, 0.29) is 36.1 Å². The second kappa shape index (κ2) is 9.33. The summed E-state index contributed by atoms with van der Waals surface area (Å²) in [7, 11) is -3.96. The van der Waals surface area contributed by atoms with Gasteiger partial charge in [-0.25, -0.2) is 27.2 Å². The lowest BCUT2D eigenvalue weighted by atomic mass is 9.66. The van der Waals surface area contributed by atoms with Gasteiger partial charge in [0.25, 0.3) is 10.0 Å². The number of Topliss-reactive ketones (excluding diaryl/α,β-unsaturated/α-hetero) is 1. The van der Waals surface area contributed by atoms with E-state index in [1.165, 1.54) is 38.7 Å². The van der Waals surface area contributed by atoms with Crippen LogP contribution in [0.5, 0.6) is 0 Å². The number of piperidine rings is 1. The normalized spacial score (nSPS) is 19.6. The lowest BCUT2D eigenvalue weighted by molar-refractivity contribution is 0.0775. The van der Waals surface area contributed by atoms with E-state index >= 15 is 0 Å². The minimum Gasteiger partial charge on any atom is -0.290 e. The molecule has 0 radical (unpaired) electrons. The zero-order valence-corrected chi connectivity index (χ0v) is 22.1. The van der Waals surface area contributed by atoms with Crippen LogP contribution >= 0.6 is 11.3 Å². The summed E-state index contributed by atoms with van der Waals surface area (Å²) in [4.78, 5) is 18.3. The fourth-order valence-electron chi connectivity index (χ4n) is 5.30. The Kier molecular flexibility index (Phi) is 6.08. The van der Waals surface area contributed by atoms with Crippen LogP contribution in [0.25, 0.3) is 11.8 Å². The van der Waals surface area contributed by atoms with Gasteiger partial charge in [0.15, 0.2) is 10.0 Å². The van der Waals surface area contributed by atoms with Crippen LogP contribution in [0.4, 0.5) is 4.39 Å². The molecule has 1 fully saturated rings. The smallest absolute Gasteiger partial charge is 0.261 e. The van der Waals surface area contributed by atoms with Crippen LogP contribution in [0.1, 0.15) is 40.8 Å². The minimum atomic E-state index is -3.96. The van der Waals surface area contributed by atoms with Crippen LogP contribution < -0.4 is 0 Å². The Morgan fingerprint density at radius 3 is 2.76 bits per heavy atom. The third-order valence-corrected chi connectivity index (χ3v) is 9.74. The standard InChI is InChI=1S/C25H24FN7O3S2/c1-2-9-32-22(15-28-30-32)38(35,36)31-10-7-18-12-21-17(14-29-33(21)20-5-3-19(26)4-6-20)13-25(18,16-31)23(34)24-27-8-11-37-24/h3-6,8,11-12,14-15H,2,7,9-10,13,16H2,1H3. The molecule has 1 saturated heterocycles. The third-order valence-electron chi connectivity index (χ3n) is 7.14. The molecule has 4 aromatic rings. The van der Waals surface area contributed by atoms with E-state index < -0.39 is 15.4 Å². The van der Waals surface area contributed by atoms with Crippen LogP contribution in [-0.2, 0) is 23.0 Å². The molecule has 4 heterocycles. The molecule has 38 heavy (non-hydrogen) atoms. The topological polar surface area (TPSA) is 116 Å². The Labute approximate surface area is 222 Å². The van der Waals surface area contributed by atoms with Crippen LogP contribution in [0.15, 0.2) is 58.8 Å². The van der Waals surface area contributed by atoms with Gasteiger partial charge < -0.3 is 0 Å². The number of hydrogen-bond donors (Lipinski definition) is 0. The molecule has 1 atom stereocenters. The first-order valence-electron chi connectivity index (χ1n) is 12.2. The molecule has 1 aromatic carbocycles. The number of rotatable bonds is 7. The number of aryl methyl sites for hydroxylation is 1. The van der Waals surface area contributed by atoms with E-state index in [0.29, 0.717) is 30.1 Å². The Bertz CT molecular complexity index is 1640. The van der Waals surface area contributed by atoms with Gasteiger partial charge in [0.2, 0.25) is 5.78 Å². The average molecular weight is 554 g/mol. The number of fused-ring (bicyclic) bond motifs is 2. The summed E-state index contributed by atoms with van der Waals surface area (Å²) in [6, 6.07) is 6.03. The minimum absolute atomic E-state index is 0.0178. The van der Waals surface area contributed by atoms with Crippen LogP contribution in [0.3, 0.4) is 0 Å². The molecule has 3 aromatic heterocycles. The summed E-state index contributed by atoms with van der Waals surface area (Å²) in [5.41, 5.74) is 2.01. The van der Waals surface area contributed by atoms with Gasteiger partial charge in [0.1, 0.15) is 5.82 Å². The third kappa shape index (κ3) is 3.92. The van der Waals surface area contributed by atoms with Crippen LogP contribution in [0, 0.1) is 11.2 Å². The average Bonchev–Trinajstić information content (AvgIpc) is 3.69. The largest absolute Gasteiger partial charge is 0.290 e. The maximum Gasteiger partial charge on any atom is 0.261 e. The highest BCUT2D eigenvalue weighted by Gasteiger charge is 2.52. The monoisotopic (exact) mass is 553 g/mol. The molecule has 10 nitrogen and oxygen atoms in total. The second-order valence-electron chi connectivity index (χ2n) is 9.42. The number of aromatic nitrogens is 6. The molecule has 0 amide bonds. The van der Waals surface area contributed by atoms with Crippen molar-refractivity contribution in [3.63, 3.8) is 0 Å². The molecule has 0 bridgehead atoms. The summed E-state index contributed by atoms with van der Waals surface area (Å²) < 4.78 is 45.5. The van der Waals surface area contributed by atoms with Crippen molar-refractivity contribution in [3.8, 4) is 5.69 Å². The lowest BCUT2D eigenvalue weighted by Crippen LogP contribution is -2.53. The Balaban J connectivity index is 1.43. The molecule has 1 aliphatic carbocycles. The number of carbonyl (C=O) groups excluding carboxylic acids is 1. The maximum atomic E-state index is 14.1. The van der Waals surface area contributed by atoms with Gasteiger partial charge in [0.05, 0.1) is 29.2 Å². The Morgan fingerprint density at radius 2 is 2.03 bits per heavy atom. The SMILES string of the molecule is CCCn1nncc1S(=O)(=O)N1CCC2=Cc3c(cnn3-c3ccc(F)cc3)CC2(C(=O)c2nccs2)C1.